The molecule has 0 saturated carbocycles. The Bertz CT molecular complexity index is 624. The lowest BCUT2D eigenvalue weighted by Gasteiger charge is -2.25. The summed E-state index contributed by atoms with van der Waals surface area (Å²) in [5.74, 6) is 7.48. The number of hydrogen-bond acceptors (Lipinski definition) is 4. The lowest BCUT2D eigenvalue weighted by atomic mass is 9.82. The van der Waals surface area contributed by atoms with Gasteiger partial charge in [-0.1, -0.05) is 37.6 Å². The number of nitrogens with one attached hydrogen (secondary N) is 1. The lowest BCUT2D eigenvalue weighted by Crippen LogP contribution is -2.17. The molecule has 0 aliphatic heterocycles. The van der Waals surface area contributed by atoms with E-state index in [-0.39, 0.29) is 0 Å². The summed E-state index contributed by atoms with van der Waals surface area (Å²) in [6, 6.07) is 10.6. The Morgan fingerprint density at radius 3 is 2.95 bits per heavy atom. The first-order valence-electron chi connectivity index (χ1n) is 7.74. The normalized spacial score (nSPS) is 17.3. The third-order valence-electron chi connectivity index (χ3n) is 4.13. The van der Waals surface area contributed by atoms with E-state index in [1.54, 1.807) is 0 Å². The van der Waals surface area contributed by atoms with Crippen molar-refractivity contribution in [2.24, 2.45) is 5.84 Å². The fraction of sp³-hybridized carbons (Fsp3) is 0.412. The van der Waals surface area contributed by atoms with Gasteiger partial charge >= 0.3 is 0 Å². The van der Waals surface area contributed by atoms with Gasteiger partial charge in [-0.25, -0.2) is 15.8 Å². The zero-order chi connectivity index (χ0) is 14.7. The third kappa shape index (κ3) is 2.90. The van der Waals surface area contributed by atoms with E-state index in [1.807, 2.05) is 6.07 Å². The molecule has 110 valence electrons. The van der Waals surface area contributed by atoms with Gasteiger partial charge in [0.1, 0.15) is 11.6 Å². The Balaban J connectivity index is 2.02. The van der Waals surface area contributed by atoms with Crippen molar-refractivity contribution < 1.29 is 0 Å². The number of anilines is 1. The molecule has 0 spiro atoms. The molecule has 0 radical (unpaired) electrons. The van der Waals surface area contributed by atoms with Gasteiger partial charge in [-0.05, 0) is 36.8 Å². The molecule has 2 aromatic rings. The van der Waals surface area contributed by atoms with Crippen molar-refractivity contribution in [2.75, 3.05) is 5.43 Å². The number of nitrogens with two attached hydrogens (primary N) is 1. The van der Waals surface area contributed by atoms with E-state index in [4.69, 9.17) is 10.8 Å². The van der Waals surface area contributed by atoms with Crippen LogP contribution >= 0.6 is 0 Å². The molecule has 1 aliphatic carbocycles. The Hall–Kier alpha value is -1.94. The van der Waals surface area contributed by atoms with Crippen LogP contribution in [0.3, 0.4) is 0 Å². The second-order valence-electron chi connectivity index (χ2n) is 5.64. The number of aryl methyl sites for hydroxylation is 2. The zero-order valence-electron chi connectivity index (χ0n) is 12.5. The SMILES string of the molecule is CCCc1cc(NN)nc(C2CCCc3ccccc32)n1. The highest BCUT2D eigenvalue weighted by atomic mass is 15.3. The summed E-state index contributed by atoms with van der Waals surface area (Å²) in [6.45, 7) is 2.16. The minimum Gasteiger partial charge on any atom is -0.308 e. The van der Waals surface area contributed by atoms with Gasteiger partial charge < -0.3 is 5.43 Å². The quantitative estimate of drug-likeness (QED) is 0.668. The van der Waals surface area contributed by atoms with Crippen molar-refractivity contribution in [1.29, 1.82) is 0 Å². The van der Waals surface area contributed by atoms with E-state index >= 15 is 0 Å². The highest BCUT2D eigenvalue weighted by molar-refractivity contribution is 5.40. The molecule has 4 heteroatoms. The topological polar surface area (TPSA) is 63.8 Å². The van der Waals surface area contributed by atoms with Crippen molar-refractivity contribution in [1.82, 2.24) is 9.97 Å². The van der Waals surface area contributed by atoms with E-state index in [1.165, 1.54) is 17.5 Å². The number of rotatable bonds is 4. The van der Waals surface area contributed by atoms with Crippen LogP contribution in [0.25, 0.3) is 0 Å². The molecule has 0 saturated heterocycles. The average Bonchev–Trinajstić information content (AvgIpc) is 2.54. The summed E-state index contributed by atoms with van der Waals surface area (Å²) in [5, 5.41) is 0. The molecule has 0 amide bonds. The van der Waals surface area contributed by atoms with Crippen molar-refractivity contribution in [3.05, 3.63) is 53.0 Å². The Kier molecular flexibility index (Phi) is 4.15. The van der Waals surface area contributed by atoms with Crippen molar-refractivity contribution >= 4 is 5.82 Å². The van der Waals surface area contributed by atoms with Gasteiger partial charge in [0, 0.05) is 17.7 Å². The summed E-state index contributed by atoms with van der Waals surface area (Å²) in [6.07, 6.45) is 5.48. The van der Waals surface area contributed by atoms with Crippen LogP contribution in [0, 0.1) is 0 Å². The molecular weight excluding hydrogens is 260 g/mol. The summed E-state index contributed by atoms with van der Waals surface area (Å²) >= 11 is 0. The molecule has 0 fully saturated rings. The largest absolute Gasteiger partial charge is 0.308 e. The minimum absolute atomic E-state index is 0.291. The highest BCUT2D eigenvalue weighted by Gasteiger charge is 2.24. The molecule has 1 unspecified atom stereocenters. The van der Waals surface area contributed by atoms with Crippen LogP contribution in [0.15, 0.2) is 30.3 Å². The smallest absolute Gasteiger partial charge is 0.143 e. The number of nitrogens with zero attached hydrogens (tertiary/aromatic N) is 2. The summed E-state index contributed by atoms with van der Waals surface area (Å²) in [5.41, 5.74) is 6.55. The number of benzene rings is 1. The summed E-state index contributed by atoms with van der Waals surface area (Å²) in [4.78, 5) is 9.40. The number of hydrogen-bond donors (Lipinski definition) is 2. The monoisotopic (exact) mass is 282 g/mol. The van der Waals surface area contributed by atoms with Crippen LogP contribution in [0.1, 0.15) is 54.7 Å². The first-order valence-corrected chi connectivity index (χ1v) is 7.74. The first kappa shape index (κ1) is 14.0. The first-order chi connectivity index (χ1) is 10.3. The van der Waals surface area contributed by atoms with Crippen molar-refractivity contribution in [3.63, 3.8) is 0 Å². The van der Waals surface area contributed by atoms with Gasteiger partial charge in [0.2, 0.25) is 0 Å². The summed E-state index contributed by atoms with van der Waals surface area (Å²) < 4.78 is 0. The second kappa shape index (κ2) is 6.22. The van der Waals surface area contributed by atoms with E-state index < -0.39 is 0 Å². The lowest BCUT2D eigenvalue weighted by molar-refractivity contribution is 0.587. The van der Waals surface area contributed by atoms with Gasteiger partial charge in [-0.2, -0.15) is 0 Å². The maximum Gasteiger partial charge on any atom is 0.143 e. The number of hydrazine groups is 1. The number of nitrogen functional groups attached to an aromatic ring is 1. The molecule has 21 heavy (non-hydrogen) atoms. The Morgan fingerprint density at radius 2 is 2.14 bits per heavy atom. The number of aromatic nitrogens is 2. The predicted molar refractivity (Wildman–Crippen MR) is 85.1 cm³/mol. The zero-order valence-corrected chi connectivity index (χ0v) is 12.5. The van der Waals surface area contributed by atoms with Crippen molar-refractivity contribution in [3.8, 4) is 0 Å². The van der Waals surface area contributed by atoms with Gasteiger partial charge in [0.25, 0.3) is 0 Å². The fourth-order valence-corrected chi connectivity index (χ4v) is 3.15. The van der Waals surface area contributed by atoms with Gasteiger partial charge in [0.05, 0.1) is 0 Å². The second-order valence-corrected chi connectivity index (χ2v) is 5.64. The van der Waals surface area contributed by atoms with Crippen LogP contribution < -0.4 is 11.3 Å². The van der Waals surface area contributed by atoms with E-state index in [0.29, 0.717) is 11.7 Å². The predicted octanol–water partition coefficient (Wildman–Crippen LogP) is 3.18. The molecule has 1 aromatic heterocycles. The van der Waals surface area contributed by atoms with Crippen LogP contribution in [-0.4, -0.2) is 9.97 Å². The van der Waals surface area contributed by atoms with E-state index in [9.17, 15) is 0 Å². The van der Waals surface area contributed by atoms with Crippen LogP contribution in [-0.2, 0) is 12.8 Å². The fourth-order valence-electron chi connectivity index (χ4n) is 3.15. The summed E-state index contributed by atoms with van der Waals surface area (Å²) in [7, 11) is 0. The molecule has 1 aliphatic rings. The molecule has 1 aromatic carbocycles. The van der Waals surface area contributed by atoms with Gasteiger partial charge in [-0.3, -0.25) is 0 Å². The molecular formula is C17H22N4. The third-order valence-corrected chi connectivity index (χ3v) is 4.13. The molecule has 3 N–H and O–H groups in total. The number of fused-ring (bicyclic) bond motifs is 1. The Morgan fingerprint density at radius 1 is 1.29 bits per heavy atom. The maximum absolute atomic E-state index is 5.57. The molecule has 3 rings (SSSR count). The van der Waals surface area contributed by atoms with E-state index in [2.05, 4.69) is 41.6 Å². The molecule has 1 atom stereocenters. The van der Waals surface area contributed by atoms with E-state index in [0.717, 1.165) is 37.2 Å². The molecule has 4 nitrogen and oxygen atoms in total. The highest BCUT2D eigenvalue weighted by Crippen LogP contribution is 2.35. The van der Waals surface area contributed by atoms with Crippen LogP contribution in [0.4, 0.5) is 5.82 Å². The van der Waals surface area contributed by atoms with Gasteiger partial charge in [-0.15, -0.1) is 0 Å². The maximum atomic E-state index is 5.57. The van der Waals surface area contributed by atoms with Crippen LogP contribution in [0.5, 0.6) is 0 Å². The molecule has 0 bridgehead atoms. The van der Waals surface area contributed by atoms with Crippen molar-refractivity contribution in [2.45, 2.75) is 44.9 Å². The van der Waals surface area contributed by atoms with Gasteiger partial charge in [0.15, 0.2) is 0 Å². The average molecular weight is 282 g/mol. The van der Waals surface area contributed by atoms with Crippen LogP contribution in [0.2, 0.25) is 0 Å². The minimum atomic E-state index is 0.291. The Labute approximate surface area is 125 Å². The standard InChI is InChI=1S/C17H22N4/c1-2-6-13-11-16(21-18)20-17(19-13)15-10-5-8-12-7-3-4-9-14(12)15/h3-4,7,9,11,15H,2,5-6,8,10,18H2,1H3,(H,19,20,21). The molecule has 1 heterocycles.